The Kier molecular flexibility index (Phi) is 6.86. The normalized spacial score (nSPS) is 12.2. The van der Waals surface area contributed by atoms with Crippen LogP contribution in [-0.2, 0) is 23.7 Å². The predicted molar refractivity (Wildman–Crippen MR) is 124 cm³/mol. The summed E-state index contributed by atoms with van der Waals surface area (Å²) in [6.45, 7) is 0.402. The summed E-state index contributed by atoms with van der Waals surface area (Å²) in [5.74, 6) is -2.77. The molecule has 4 aromatic rings. The van der Waals surface area contributed by atoms with Crippen molar-refractivity contribution in [2.45, 2.75) is 25.8 Å². The number of anilines is 1. The Morgan fingerprint density at radius 1 is 1.11 bits per heavy atom. The van der Waals surface area contributed by atoms with Crippen LogP contribution in [0.3, 0.4) is 0 Å². The van der Waals surface area contributed by atoms with Crippen molar-refractivity contribution < 1.29 is 40.3 Å². The summed E-state index contributed by atoms with van der Waals surface area (Å²) in [4.78, 5) is 27.9. The second-order valence-corrected chi connectivity index (χ2v) is 9.24. The highest BCUT2D eigenvalue weighted by Gasteiger charge is 2.39. The lowest BCUT2D eigenvalue weighted by atomic mass is 10.0. The number of pyridine rings is 1. The molecule has 38 heavy (non-hydrogen) atoms. The van der Waals surface area contributed by atoms with E-state index in [1.54, 1.807) is 0 Å². The average molecular weight is 580 g/mol. The molecule has 0 atom stereocenters. The van der Waals surface area contributed by atoms with E-state index in [1.165, 1.54) is 19.1 Å². The molecule has 3 N–H and O–H groups in total. The number of nitrogens with one attached hydrogen (secondary N) is 1. The van der Waals surface area contributed by atoms with E-state index >= 15 is 0 Å². The number of aromatic nitrogens is 3. The molecule has 0 spiro atoms. The highest BCUT2D eigenvalue weighted by Crippen LogP contribution is 2.44. The third-order valence-corrected chi connectivity index (χ3v) is 6.84. The Morgan fingerprint density at radius 2 is 1.74 bits per heavy atom. The molecule has 7 nitrogen and oxygen atoms in total. The van der Waals surface area contributed by atoms with Crippen LogP contribution in [0.1, 0.15) is 26.8 Å². The van der Waals surface area contributed by atoms with Gasteiger partial charge in [-0.2, -0.15) is 31.4 Å². The summed E-state index contributed by atoms with van der Waals surface area (Å²) in [7, 11) is 0. The molecule has 3 heterocycles. The Balaban J connectivity index is 1.85. The number of hydrogen-bond donors (Lipinski definition) is 2. The zero-order chi connectivity index (χ0) is 28.2. The van der Waals surface area contributed by atoms with Crippen LogP contribution in [-0.4, -0.2) is 26.6 Å². The lowest BCUT2D eigenvalue weighted by molar-refractivity contribution is -0.142. The Labute approximate surface area is 217 Å². The minimum atomic E-state index is -4.89. The molecule has 0 saturated heterocycles. The summed E-state index contributed by atoms with van der Waals surface area (Å²) in [6, 6.07) is 5.03. The molecule has 0 aliphatic carbocycles. The third kappa shape index (κ3) is 5.15. The number of carbonyl (C=O) groups excluding carboxylic acids is 2. The van der Waals surface area contributed by atoms with E-state index < -0.39 is 52.9 Å². The zero-order valence-corrected chi connectivity index (χ0v) is 20.3. The molecule has 2 amide bonds. The zero-order valence-electron chi connectivity index (χ0n) is 18.8. The van der Waals surface area contributed by atoms with Crippen molar-refractivity contribution in [1.29, 1.82) is 0 Å². The van der Waals surface area contributed by atoms with Crippen LogP contribution in [0.15, 0.2) is 30.3 Å². The third-order valence-electron chi connectivity index (χ3n) is 5.29. The van der Waals surface area contributed by atoms with E-state index in [-0.39, 0.29) is 37.6 Å². The number of halogens is 8. The molecule has 0 aliphatic heterocycles. The highest BCUT2D eigenvalue weighted by atomic mass is 35.5. The number of carbonyl (C=O) groups is 2. The summed E-state index contributed by atoms with van der Waals surface area (Å²) in [6.07, 6.45) is -9.78. The van der Waals surface area contributed by atoms with Crippen molar-refractivity contribution in [3.8, 4) is 11.1 Å². The Hall–Kier alpha value is -3.72. The van der Waals surface area contributed by atoms with Crippen molar-refractivity contribution in [1.82, 2.24) is 14.8 Å². The minimum absolute atomic E-state index is 0.0955. The number of nitrogens with two attached hydrogens (primary N) is 1. The second kappa shape index (κ2) is 9.54. The molecule has 0 radical (unpaired) electrons. The first-order valence-electron chi connectivity index (χ1n) is 10.3. The SMILES string of the molecule is Cc1c(Cl)c(C(F)(F)F)nn1CC(=O)Nc1c(C(N)=O)sc2nc(C(F)(F)F)cc(-c3ccc(F)cc3)c12. The maximum Gasteiger partial charge on any atom is 0.436 e. The molecule has 0 fully saturated rings. The molecule has 0 saturated carbocycles. The van der Waals surface area contributed by atoms with E-state index in [1.807, 2.05) is 0 Å². The fraction of sp³-hybridized carbons (Fsp3) is 0.182. The van der Waals surface area contributed by atoms with Gasteiger partial charge in [0, 0.05) is 5.39 Å². The van der Waals surface area contributed by atoms with Gasteiger partial charge in [-0.3, -0.25) is 14.3 Å². The average Bonchev–Trinajstić information content (AvgIpc) is 3.31. The number of primary amides is 1. The molecule has 4 rings (SSSR count). The summed E-state index contributed by atoms with van der Waals surface area (Å²) >= 11 is 6.17. The van der Waals surface area contributed by atoms with Crippen molar-refractivity contribution in [2.24, 2.45) is 5.73 Å². The molecule has 0 bridgehead atoms. The Bertz CT molecular complexity index is 1580. The van der Waals surface area contributed by atoms with Gasteiger partial charge in [0.05, 0.1) is 16.4 Å². The van der Waals surface area contributed by atoms with E-state index in [9.17, 15) is 40.3 Å². The van der Waals surface area contributed by atoms with Gasteiger partial charge in [-0.15, -0.1) is 11.3 Å². The number of nitrogens with zero attached hydrogens (tertiary/aromatic N) is 3. The molecule has 16 heteroatoms. The molecular formula is C22H13ClF7N5O2S. The molecule has 0 aliphatic rings. The largest absolute Gasteiger partial charge is 0.436 e. The van der Waals surface area contributed by atoms with E-state index in [2.05, 4.69) is 15.4 Å². The number of rotatable bonds is 5. The van der Waals surface area contributed by atoms with Crippen LogP contribution in [0.5, 0.6) is 0 Å². The van der Waals surface area contributed by atoms with Crippen molar-refractivity contribution in [3.05, 3.63) is 63.1 Å². The number of fused-ring (bicyclic) bond motifs is 1. The van der Waals surface area contributed by atoms with Crippen LogP contribution >= 0.6 is 22.9 Å². The first-order valence-corrected chi connectivity index (χ1v) is 11.5. The smallest absolute Gasteiger partial charge is 0.365 e. The standard InChI is InChI=1S/C22H13ClF7N5O2S/c1-8-15(23)18(22(28,29)30)34-35(8)7-13(36)33-16-14-11(9-2-4-10(24)5-3-9)6-12(21(25,26)27)32-20(14)38-17(16)19(31)37/h2-6H,7H2,1H3,(H2,31,37)(H,33,36). The summed E-state index contributed by atoms with van der Waals surface area (Å²) in [5, 5.41) is 4.82. The number of benzene rings is 1. The molecule has 200 valence electrons. The monoisotopic (exact) mass is 579 g/mol. The predicted octanol–water partition coefficient (Wildman–Crippen LogP) is 6.04. The fourth-order valence-corrected chi connectivity index (χ4v) is 4.82. The van der Waals surface area contributed by atoms with E-state index in [0.29, 0.717) is 22.1 Å². The molecule has 1 aromatic carbocycles. The van der Waals surface area contributed by atoms with Gasteiger partial charge in [0.25, 0.3) is 5.91 Å². The topological polar surface area (TPSA) is 103 Å². The maximum atomic E-state index is 13.6. The van der Waals surface area contributed by atoms with Gasteiger partial charge in [-0.1, -0.05) is 23.7 Å². The molecular weight excluding hydrogens is 567 g/mol. The van der Waals surface area contributed by atoms with Gasteiger partial charge >= 0.3 is 12.4 Å². The minimum Gasteiger partial charge on any atom is -0.365 e. The molecule has 3 aromatic heterocycles. The van der Waals surface area contributed by atoms with E-state index in [0.717, 1.165) is 12.1 Å². The van der Waals surface area contributed by atoms with Gasteiger partial charge in [0.1, 0.15) is 27.8 Å². The summed E-state index contributed by atoms with van der Waals surface area (Å²) < 4.78 is 94.3. The van der Waals surface area contributed by atoms with Crippen LogP contribution in [0, 0.1) is 12.7 Å². The summed E-state index contributed by atoms with van der Waals surface area (Å²) in [5.41, 5.74) is 2.12. The fourth-order valence-electron chi connectivity index (χ4n) is 3.57. The highest BCUT2D eigenvalue weighted by molar-refractivity contribution is 7.21. The van der Waals surface area contributed by atoms with Gasteiger partial charge < -0.3 is 11.1 Å². The Morgan fingerprint density at radius 3 is 2.26 bits per heavy atom. The van der Waals surface area contributed by atoms with Crippen molar-refractivity contribution in [2.75, 3.05) is 5.32 Å². The van der Waals surface area contributed by atoms with Crippen LogP contribution < -0.4 is 11.1 Å². The molecule has 0 unspecified atom stereocenters. The maximum absolute atomic E-state index is 13.6. The van der Waals surface area contributed by atoms with Gasteiger partial charge in [-0.25, -0.2) is 9.37 Å². The van der Waals surface area contributed by atoms with Gasteiger partial charge in [0.15, 0.2) is 5.69 Å². The van der Waals surface area contributed by atoms with E-state index in [4.69, 9.17) is 17.3 Å². The lowest BCUT2D eigenvalue weighted by Crippen LogP contribution is -2.22. The van der Waals surface area contributed by atoms with Crippen LogP contribution in [0.2, 0.25) is 5.02 Å². The number of thiophene rings is 1. The van der Waals surface area contributed by atoms with Crippen molar-refractivity contribution in [3.63, 3.8) is 0 Å². The number of hydrogen-bond acceptors (Lipinski definition) is 5. The number of amides is 2. The quantitative estimate of drug-likeness (QED) is 0.282. The van der Waals surface area contributed by atoms with Gasteiger partial charge in [0.2, 0.25) is 5.91 Å². The first kappa shape index (κ1) is 27.3. The van der Waals surface area contributed by atoms with Gasteiger partial charge in [-0.05, 0) is 36.2 Å². The lowest BCUT2D eigenvalue weighted by Gasteiger charge is -2.13. The van der Waals surface area contributed by atoms with Crippen LogP contribution in [0.25, 0.3) is 21.3 Å². The van der Waals surface area contributed by atoms with Crippen LogP contribution in [0.4, 0.5) is 36.4 Å². The second-order valence-electron chi connectivity index (χ2n) is 7.86. The first-order chi connectivity index (χ1) is 17.6. The number of alkyl halides is 6. The van der Waals surface area contributed by atoms with Crippen molar-refractivity contribution >= 4 is 50.7 Å².